The molecule has 98 valence electrons. The maximum absolute atomic E-state index is 12.5. The fraction of sp³-hybridized carbons (Fsp3) is 0.214. The molecule has 1 aromatic heterocycles. The first-order chi connectivity index (χ1) is 9.15. The van der Waals surface area contributed by atoms with Crippen molar-refractivity contribution in [3.63, 3.8) is 0 Å². The van der Waals surface area contributed by atoms with E-state index in [1.807, 2.05) is 28.5 Å². The topological polar surface area (TPSA) is 46.3 Å². The van der Waals surface area contributed by atoms with Crippen LogP contribution in [-0.4, -0.2) is 17.4 Å². The Morgan fingerprint density at radius 1 is 1.37 bits per heavy atom. The van der Waals surface area contributed by atoms with E-state index in [-0.39, 0.29) is 5.91 Å². The average molecular weight is 337 g/mol. The molecule has 19 heavy (non-hydrogen) atoms. The van der Waals surface area contributed by atoms with Gasteiger partial charge in [0.05, 0.1) is 6.54 Å². The third-order valence-electron chi connectivity index (χ3n) is 3.33. The summed E-state index contributed by atoms with van der Waals surface area (Å²) in [5.41, 5.74) is 8.27. The summed E-state index contributed by atoms with van der Waals surface area (Å²) in [6.07, 6.45) is 0.893. The highest BCUT2D eigenvalue weighted by Crippen LogP contribution is 2.27. The first kappa shape index (κ1) is 12.7. The molecular weight excluding hydrogens is 324 g/mol. The number of anilines is 1. The fourth-order valence-electron chi connectivity index (χ4n) is 2.30. The van der Waals surface area contributed by atoms with E-state index in [4.69, 9.17) is 5.73 Å². The smallest absolute Gasteiger partial charge is 0.254 e. The Labute approximate surface area is 124 Å². The van der Waals surface area contributed by atoms with Gasteiger partial charge >= 0.3 is 0 Å². The van der Waals surface area contributed by atoms with Gasteiger partial charge in [0.2, 0.25) is 0 Å². The van der Waals surface area contributed by atoms with Crippen LogP contribution in [0.3, 0.4) is 0 Å². The van der Waals surface area contributed by atoms with E-state index in [2.05, 4.69) is 15.9 Å². The van der Waals surface area contributed by atoms with Gasteiger partial charge in [-0.05, 0) is 51.5 Å². The van der Waals surface area contributed by atoms with Crippen LogP contribution in [-0.2, 0) is 13.0 Å². The quantitative estimate of drug-likeness (QED) is 0.855. The Hall–Kier alpha value is -1.33. The predicted molar refractivity (Wildman–Crippen MR) is 81.3 cm³/mol. The molecule has 2 N–H and O–H groups in total. The number of carbonyl (C=O) groups is 1. The second kappa shape index (κ2) is 4.98. The summed E-state index contributed by atoms with van der Waals surface area (Å²) in [4.78, 5) is 15.5. The van der Waals surface area contributed by atoms with Crippen LogP contribution in [0, 0.1) is 0 Å². The fourth-order valence-corrected chi connectivity index (χ4v) is 3.79. The van der Waals surface area contributed by atoms with Crippen LogP contribution in [0.1, 0.15) is 20.8 Å². The molecule has 0 aliphatic carbocycles. The minimum atomic E-state index is 0.0776. The number of carbonyl (C=O) groups excluding carboxylic acids is 1. The van der Waals surface area contributed by atoms with Crippen molar-refractivity contribution in [1.29, 1.82) is 0 Å². The number of amides is 1. The van der Waals surface area contributed by atoms with Gasteiger partial charge in [0, 0.05) is 27.1 Å². The van der Waals surface area contributed by atoms with E-state index in [0.29, 0.717) is 12.2 Å². The van der Waals surface area contributed by atoms with Crippen LogP contribution in [0.5, 0.6) is 0 Å². The van der Waals surface area contributed by atoms with E-state index in [1.165, 1.54) is 4.88 Å². The van der Waals surface area contributed by atoms with Crippen molar-refractivity contribution in [1.82, 2.24) is 4.90 Å². The normalized spacial score (nSPS) is 14.6. The van der Waals surface area contributed by atoms with Crippen molar-refractivity contribution in [3.8, 4) is 0 Å². The van der Waals surface area contributed by atoms with Gasteiger partial charge in [0.15, 0.2) is 0 Å². The molecule has 2 aromatic rings. The zero-order valence-corrected chi connectivity index (χ0v) is 12.6. The van der Waals surface area contributed by atoms with Crippen LogP contribution >= 0.6 is 27.3 Å². The Balaban J connectivity index is 1.87. The molecule has 0 bridgehead atoms. The molecule has 0 atom stereocenters. The van der Waals surface area contributed by atoms with Crippen molar-refractivity contribution >= 4 is 38.9 Å². The molecule has 0 radical (unpaired) electrons. The highest BCUT2D eigenvalue weighted by molar-refractivity contribution is 9.10. The van der Waals surface area contributed by atoms with E-state index >= 15 is 0 Å². The van der Waals surface area contributed by atoms with Gasteiger partial charge in [-0.15, -0.1) is 11.3 Å². The number of fused-ring (bicyclic) bond motifs is 1. The molecule has 0 unspecified atom stereocenters. The third kappa shape index (κ3) is 2.40. The van der Waals surface area contributed by atoms with Crippen LogP contribution in [0.4, 0.5) is 5.69 Å². The first-order valence-corrected chi connectivity index (χ1v) is 7.72. The molecule has 1 aromatic carbocycles. The summed E-state index contributed by atoms with van der Waals surface area (Å²) < 4.78 is 1.07. The number of hydrogen-bond donors (Lipinski definition) is 1. The van der Waals surface area contributed by atoms with Crippen LogP contribution in [0.15, 0.2) is 34.1 Å². The standard InChI is InChI=1S/C14H13BrN2OS/c15-12-4-6-19-13(12)8-17-5-3-9-1-2-10(16)7-11(9)14(17)18/h1-2,4,6-7H,3,5,8,16H2. The number of nitrogen functional groups attached to an aromatic ring is 1. The maximum atomic E-state index is 12.5. The number of hydrogen-bond acceptors (Lipinski definition) is 3. The van der Waals surface area contributed by atoms with Gasteiger partial charge < -0.3 is 10.6 Å². The van der Waals surface area contributed by atoms with E-state index < -0.39 is 0 Å². The SMILES string of the molecule is Nc1ccc2c(c1)C(=O)N(Cc1sccc1Br)CC2. The number of benzene rings is 1. The summed E-state index contributed by atoms with van der Waals surface area (Å²) in [6.45, 7) is 1.42. The molecule has 0 fully saturated rings. The summed E-state index contributed by atoms with van der Waals surface area (Å²) >= 11 is 5.17. The Kier molecular flexibility index (Phi) is 3.33. The lowest BCUT2D eigenvalue weighted by atomic mass is 9.98. The van der Waals surface area contributed by atoms with Gasteiger partial charge in [0.1, 0.15) is 0 Å². The monoisotopic (exact) mass is 336 g/mol. The molecule has 0 spiro atoms. The molecular formula is C14H13BrN2OS. The molecule has 2 heterocycles. The number of nitrogens with two attached hydrogens (primary N) is 1. The van der Waals surface area contributed by atoms with Gasteiger partial charge in [-0.25, -0.2) is 0 Å². The van der Waals surface area contributed by atoms with Crippen molar-refractivity contribution in [2.45, 2.75) is 13.0 Å². The second-order valence-corrected chi connectivity index (χ2v) is 6.44. The first-order valence-electron chi connectivity index (χ1n) is 6.04. The predicted octanol–water partition coefficient (Wildman–Crippen LogP) is 3.29. The number of rotatable bonds is 2. The van der Waals surface area contributed by atoms with E-state index in [0.717, 1.165) is 28.6 Å². The van der Waals surface area contributed by atoms with E-state index in [1.54, 1.807) is 17.4 Å². The van der Waals surface area contributed by atoms with Crippen molar-refractivity contribution in [3.05, 3.63) is 50.1 Å². The molecule has 0 saturated carbocycles. The number of nitrogens with zero attached hydrogens (tertiary/aromatic N) is 1. The lowest BCUT2D eigenvalue weighted by molar-refractivity contribution is 0.0728. The summed E-state index contributed by atoms with van der Waals surface area (Å²) in [6, 6.07) is 7.62. The lowest BCUT2D eigenvalue weighted by Gasteiger charge is -2.28. The minimum absolute atomic E-state index is 0.0776. The lowest BCUT2D eigenvalue weighted by Crippen LogP contribution is -2.36. The molecule has 3 nitrogen and oxygen atoms in total. The van der Waals surface area contributed by atoms with Crippen molar-refractivity contribution in [2.24, 2.45) is 0 Å². The second-order valence-electron chi connectivity index (χ2n) is 4.59. The van der Waals surface area contributed by atoms with Gasteiger partial charge in [-0.2, -0.15) is 0 Å². The summed E-state index contributed by atoms with van der Waals surface area (Å²) in [5.74, 6) is 0.0776. The molecule has 3 rings (SSSR count). The molecule has 1 amide bonds. The molecule has 1 aliphatic rings. The van der Waals surface area contributed by atoms with Crippen LogP contribution in [0.25, 0.3) is 0 Å². The Morgan fingerprint density at radius 2 is 2.21 bits per heavy atom. The van der Waals surface area contributed by atoms with Gasteiger partial charge in [0.25, 0.3) is 5.91 Å². The highest BCUT2D eigenvalue weighted by atomic mass is 79.9. The highest BCUT2D eigenvalue weighted by Gasteiger charge is 2.25. The van der Waals surface area contributed by atoms with Crippen LogP contribution < -0.4 is 5.73 Å². The maximum Gasteiger partial charge on any atom is 0.254 e. The minimum Gasteiger partial charge on any atom is -0.399 e. The Bertz CT molecular complexity index is 638. The van der Waals surface area contributed by atoms with E-state index in [9.17, 15) is 4.79 Å². The summed E-state index contributed by atoms with van der Waals surface area (Å²) in [7, 11) is 0. The molecule has 0 saturated heterocycles. The molecule has 1 aliphatic heterocycles. The zero-order valence-electron chi connectivity index (χ0n) is 10.2. The summed E-state index contributed by atoms with van der Waals surface area (Å²) in [5, 5.41) is 2.03. The third-order valence-corrected chi connectivity index (χ3v) is 5.24. The Morgan fingerprint density at radius 3 is 2.95 bits per heavy atom. The van der Waals surface area contributed by atoms with Crippen LogP contribution in [0.2, 0.25) is 0 Å². The number of thiophene rings is 1. The average Bonchev–Trinajstić information content (AvgIpc) is 2.79. The largest absolute Gasteiger partial charge is 0.399 e. The molecule has 5 heteroatoms. The van der Waals surface area contributed by atoms with Gasteiger partial charge in [-0.3, -0.25) is 4.79 Å². The van der Waals surface area contributed by atoms with Crippen molar-refractivity contribution < 1.29 is 4.79 Å². The van der Waals surface area contributed by atoms with Gasteiger partial charge in [-0.1, -0.05) is 6.07 Å². The number of halogens is 1. The van der Waals surface area contributed by atoms with Crippen molar-refractivity contribution in [2.75, 3.05) is 12.3 Å². The zero-order chi connectivity index (χ0) is 13.4.